The summed E-state index contributed by atoms with van der Waals surface area (Å²) >= 11 is 0. The van der Waals surface area contributed by atoms with E-state index in [2.05, 4.69) is 0 Å². The number of hydrogen-bond donors (Lipinski definition) is 0. The van der Waals surface area contributed by atoms with Gasteiger partial charge >= 0.3 is 29.8 Å². The summed E-state index contributed by atoms with van der Waals surface area (Å²) in [6.07, 6.45) is -10.0. The highest BCUT2D eigenvalue weighted by atomic mass is 16.8. The molecule has 0 saturated carbocycles. The highest BCUT2D eigenvalue weighted by Gasteiger charge is 2.53. The first-order valence-electron chi connectivity index (χ1n) is 23.6. The number of benzene rings is 4. The van der Waals surface area contributed by atoms with Crippen LogP contribution >= 0.6 is 0 Å². The Kier molecular flexibility index (Phi) is 17.9. The number of esters is 5. The van der Waals surface area contributed by atoms with Crippen LogP contribution in [0.3, 0.4) is 0 Å². The van der Waals surface area contributed by atoms with Crippen molar-refractivity contribution in [3.63, 3.8) is 0 Å². The SMILES string of the molecule is COC1OC(COC2OC(COC(=O)c3ccccc3)C(C)C(C)C2OC(=O)c2ccccc2)C(C)C(OC2OC(COC(=O)c3ccccc3)C(C)C(C)C2OC(=O)c2ccccc2)C1OC(C)=O. The second-order valence-electron chi connectivity index (χ2n) is 18.1. The Labute approximate surface area is 408 Å². The normalized spacial score (nSPS) is 30.8. The van der Waals surface area contributed by atoms with E-state index in [-0.39, 0.29) is 37.6 Å². The Hall–Kier alpha value is -6.01. The van der Waals surface area contributed by atoms with Gasteiger partial charge in [0.05, 0.1) is 47.2 Å². The Morgan fingerprint density at radius 3 is 1.20 bits per heavy atom. The topological polar surface area (TPSA) is 187 Å². The molecule has 0 bridgehead atoms. The van der Waals surface area contributed by atoms with E-state index in [0.29, 0.717) is 22.3 Å². The minimum atomic E-state index is -1.29. The smallest absolute Gasteiger partial charge is 0.338 e. The van der Waals surface area contributed by atoms with Gasteiger partial charge in [-0.25, -0.2) is 19.2 Å². The largest absolute Gasteiger partial charge is 0.459 e. The molecule has 16 heteroatoms. The van der Waals surface area contributed by atoms with Crippen LogP contribution in [-0.4, -0.2) is 118 Å². The first kappa shape index (κ1) is 51.8. The maximum atomic E-state index is 13.7. The quantitative estimate of drug-likeness (QED) is 0.0748. The average molecular weight is 967 g/mol. The van der Waals surface area contributed by atoms with Crippen molar-refractivity contribution in [2.24, 2.45) is 29.6 Å². The van der Waals surface area contributed by atoms with Crippen LogP contribution in [0.5, 0.6) is 0 Å². The van der Waals surface area contributed by atoms with E-state index in [1.807, 2.05) is 34.6 Å². The summed E-state index contributed by atoms with van der Waals surface area (Å²) < 4.78 is 68.5. The van der Waals surface area contributed by atoms with E-state index < -0.39 is 103 Å². The molecule has 16 nitrogen and oxygen atoms in total. The van der Waals surface area contributed by atoms with Crippen molar-refractivity contribution in [3.05, 3.63) is 144 Å². The molecule has 3 heterocycles. The zero-order valence-corrected chi connectivity index (χ0v) is 40.4. The summed E-state index contributed by atoms with van der Waals surface area (Å²) in [7, 11) is 1.39. The van der Waals surface area contributed by atoms with Gasteiger partial charge in [-0.1, -0.05) is 107 Å². The van der Waals surface area contributed by atoms with Crippen LogP contribution < -0.4 is 0 Å². The predicted molar refractivity (Wildman–Crippen MR) is 250 cm³/mol. The minimum Gasteiger partial charge on any atom is -0.459 e. The lowest BCUT2D eigenvalue weighted by molar-refractivity contribution is -0.348. The van der Waals surface area contributed by atoms with Gasteiger partial charge in [-0.2, -0.15) is 0 Å². The average Bonchev–Trinajstić information content (AvgIpc) is 3.38. The van der Waals surface area contributed by atoms with Crippen LogP contribution in [-0.2, 0) is 56.9 Å². The maximum Gasteiger partial charge on any atom is 0.338 e. The van der Waals surface area contributed by atoms with Gasteiger partial charge in [-0.15, -0.1) is 0 Å². The Bertz CT molecular complexity index is 2330. The number of carbonyl (C=O) groups excluding carboxylic acids is 5. The molecule has 15 atom stereocenters. The van der Waals surface area contributed by atoms with Gasteiger partial charge in [-0.3, -0.25) is 4.79 Å². The van der Waals surface area contributed by atoms with Crippen LogP contribution in [0.4, 0.5) is 0 Å². The molecule has 3 fully saturated rings. The molecule has 70 heavy (non-hydrogen) atoms. The van der Waals surface area contributed by atoms with Gasteiger partial charge in [0.1, 0.15) is 19.3 Å². The summed E-state index contributed by atoms with van der Waals surface area (Å²) in [5, 5.41) is 0. The van der Waals surface area contributed by atoms with Gasteiger partial charge < -0.3 is 52.1 Å². The molecular weight excluding hydrogens is 905 g/mol. The molecule has 0 spiro atoms. The summed E-state index contributed by atoms with van der Waals surface area (Å²) in [6.45, 7) is 10.3. The number of methoxy groups -OCH3 is 1. The van der Waals surface area contributed by atoms with Crippen LogP contribution in [0, 0.1) is 29.6 Å². The van der Waals surface area contributed by atoms with Crippen molar-refractivity contribution in [2.45, 2.75) is 103 Å². The van der Waals surface area contributed by atoms with Gasteiger partial charge in [0.2, 0.25) is 0 Å². The summed E-state index contributed by atoms with van der Waals surface area (Å²) in [5.41, 5.74) is 1.39. The van der Waals surface area contributed by atoms with E-state index in [0.717, 1.165) is 0 Å². The summed E-state index contributed by atoms with van der Waals surface area (Å²) in [5.74, 6) is -4.90. The van der Waals surface area contributed by atoms with Crippen molar-refractivity contribution >= 4 is 29.8 Å². The van der Waals surface area contributed by atoms with Crippen molar-refractivity contribution in [2.75, 3.05) is 26.9 Å². The molecule has 7 rings (SSSR count). The molecule has 0 N–H and O–H groups in total. The lowest BCUT2D eigenvalue weighted by Gasteiger charge is -2.49. The predicted octanol–water partition coefficient (Wildman–Crippen LogP) is 7.49. The fourth-order valence-electron chi connectivity index (χ4n) is 8.91. The molecule has 0 aromatic heterocycles. The molecule has 374 valence electrons. The third-order valence-electron chi connectivity index (χ3n) is 13.6. The van der Waals surface area contributed by atoms with Crippen molar-refractivity contribution in [1.29, 1.82) is 0 Å². The molecule has 3 aliphatic heterocycles. The lowest BCUT2D eigenvalue weighted by atomic mass is 9.83. The number of rotatable bonds is 17. The van der Waals surface area contributed by atoms with Crippen LogP contribution in [0.2, 0.25) is 0 Å². The molecule has 3 saturated heterocycles. The number of carbonyl (C=O) groups is 5. The molecule has 4 aromatic rings. The van der Waals surface area contributed by atoms with Crippen molar-refractivity contribution < 1.29 is 76.1 Å². The first-order valence-corrected chi connectivity index (χ1v) is 23.6. The highest BCUT2D eigenvalue weighted by molar-refractivity contribution is 5.91. The zero-order chi connectivity index (χ0) is 49.9. The standard InChI is InChI=1S/C54H62O16/c1-31-33(3)45(68-50(58)39-24-16-10-17-25-39)53(66-41(31)28-61-48(56)37-20-12-8-13-21-37)63-30-43-35(5)44(47(64-36(6)55)52(60-7)65-43)70-54-46(69-51(59)40-26-18-11-19-27-40)34(4)32(2)42(67-54)29-62-49(57)38-22-14-9-15-23-38/h8-27,31-35,41-47,52-54H,28-30H2,1-7H3. The number of hydrogen-bond acceptors (Lipinski definition) is 16. The molecule has 0 radical (unpaired) electrons. The first-order chi connectivity index (χ1) is 33.7. The van der Waals surface area contributed by atoms with E-state index in [4.69, 9.17) is 52.1 Å². The lowest BCUT2D eigenvalue weighted by Crippen LogP contribution is -2.62. The molecule has 15 unspecified atom stereocenters. The van der Waals surface area contributed by atoms with Gasteiger partial charge in [-0.05, 0) is 60.4 Å². The minimum absolute atomic E-state index is 0.110. The second kappa shape index (κ2) is 24.2. The highest BCUT2D eigenvalue weighted by Crippen LogP contribution is 2.40. The Balaban J connectivity index is 1.14. The van der Waals surface area contributed by atoms with Crippen LogP contribution in [0.15, 0.2) is 121 Å². The van der Waals surface area contributed by atoms with Crippen LogP contribution in [0.25, 0.3) is 0 Å². The van der Waals surface area contributed by atoms with Crippen LogP contribution in [0.1, 0.15) is 83.0 Å². The Morgan fingerprint density at radius 2 is 0.786 bits per heavy atom. The van der Waals surface area contributed by atoms with Crippen molar-refractivity contribution in [3.8, 4) is 0 Å². The molecule has 3 aliphatic rings. The molecule has 0 aliphatic carbocycles. The number of ether oxygens (including phenoxy) is 11. The third-order valence-corrected chi connectivity index (χ3v) is 13.6. The van der Waals surface area contributed by atoms with E-state index in [9.17, 15) is 24.0 Å². The maximum absolute atomic E-state index is 13.7. The summed E-state index contributed by atoms with van der Waals surface area (Å²) in [6, 6.07) is 34.2. The fourth-order valence-corrected chi connectivity index (χ4v) is 8.91. The van der Waals surface area contributed by atoms with E-state index in [1.165, 1.54) is 14.0 Å². The molecular formula is C54H62O16. The van der Waals surface area contributed by atoms with Gasteiger partial charge in [0, 0.05) is 31.8 Å². The molecule has 0 amide bonds. The monoisotopic (exact) mass is 966 g/mol. The fraction of sp³-hybridized carbons (Fsp3) is 0.463. The van der Waals surface area contributed by atoms with Crippen molar-refractivity contribution in [1.82, 2.24) is 0 Å². The second-order valence-corrected chi connectivity index (χ2v) is 18.1. The van der Waals surface area contributed by atoms with E-state index in [1.54, 1.807) is 121 Å². The van der Waals surface area contributed by atoms with E-state index >= 15 is 0 Å². The van der Waals surface area contributed by atoms with Gasteiger partial charge in [0.15, 0.2) is 37.2 Å². The third kappa shape index (κ3) is 12.7. The zero-order valence-electron chi connectivity index (χ0n) is 40.4. The molecule has 4 aromatic carbocycles. The van der Waals surface area contributed by atoms with Gasteiger partial charge in [0.25, 0.3) is 0 Å². The Morgan fingerprint density at radius 1 is 0.414 bits per heavy atom. The summed E-state index contributed by atoms with van der Waals surface area (Å²) in [4.78, 5) is 66.1.